The molecule has 0 amide bonds. The molecule has 84 valence electrons. The molecule has 3 nitrogen and oxygen atoms in total. The second-order valence-corrected chi connectivity index (χ2v) is 3.14. The van der Waals surface area contributed by atoms with Gasteiger partial charge < -0.3 is 14.6 Å². The highest BCUT2D eigenvalue weighted by molar-refractivity contribution is 6.32. The first kappa shape index (κ1) is 12.2. The number of halogens is 2. The minimum atomic E-state index is -0.496. The Morgan fingerprint density at radius 3 is 2.73 bits per heavy atom. The van der Waals surface area contributed by atoms with Crippen LogP contribution in [0.3, 0.4) is 0 Å². The number of ether oxygens (including phenoxy) is 2. The maximum Gasteiger partial charge on any atom is 0.173 e. The highest BCUT2D eigenvalue weighted by Gasteiger charge is 2.07. The van der Waals surface area contributed by atoms with E-state index < -0.39 is 5.82 Å². The van der Waals surface area contributed by atoms with Crippen LogP contribution in [-0.4, -0.2) is 31.5 Å². The van der Waals surface area contributed by atoms with Crippen molar-refractivity contribution in [2.24, 2.45) is 0 Å². The summed E-state index contributed by atoms with van der Waals surface area (Å²) in [5.41, 5.74) is 0. The molecule has 5 heteroatoms. The van der Waals surface area contributed by atoms with E-state index in [1.54, 1.807) is 6.07 Å². The summed E-state index contributed by atoms with van der Waals surface area (Å²) in [5.74, 6) is -0.462. The van der Waals surface area contributed by atoms with Gasteiger partial charge in [0.25, 0.3) is 0 Å². The average molecular weight is 235 g/mol. The monoisotopic (exact) mass is 234 g/mol. The van der Waals surface area contributed by atoms with Gasteiger partial charge in [0.05, 0.1) is 24.8 Å². The Bertz CT molecular complexity index is 286. The maximum absolute atomic E-state index is 13.1. The van der Waals surface area contributed by atoms with Crippen molar-refractivity contribution in [1.29, 1.82) is 0 Å². The summed E-state index contributed by atoms with van der Waals surface area (Å²) in [5, 5.41) is 8.66. The molecule has 0 bridgehead atoms. The maximum atomic E-state index is 13.1. The highest BCUT2D eigenvalue weighted by atomic mass is 35.5. The minimum Gasteiger partial charge on any atom is -0.487 e. The standard InChI is InChI=1S/C10H12ClFO3/c11-8-2-1-3-9(12)10(8)15-7-6-14-5-4-13/h1-3,13H,4-7H2. The van der Waals surface area contributed by atoms with E-state index >= 15 is 0 Å². The predicted octanol–water partition coefficient (Wildman–Crippen LogP) is 1.87. The van der Waals surface area contributed by atoms with Crippen molar-refractivity contribution >= 4 is 11.6 Å². The molecule has 0 saturated heterocycles. The van der Waals surface area contributed by atoms with Gasteiger partial charge in [-0.05, 0) is 12.1 Å². The van der Waals surface area contributed by atoms with Crippen LogP contribution < -0.4 is 4.74 Å². The molecule has 0 unspecified atom stereocenters. The van der Waals surface area contributed by atoms with Crippen LogP contribution in [-0.2, 0) is 4.74 Å². The van der Waals surface area contributed by atoms with Crippen LogP contribution in [0.2, 0.25) is 5.02 Å². The largest absolute Gasteiger partial charge is 0.487 e. The molecule has 0 fully saturated rings. The van der Waals surface area contributed by atoms with E-state index in [2.05, 4.69) is 0 Å². The quantitative estimate of drug-likeness (QED) is 0.764. The summed E-state index contributed by atoms with van der Waals surface area (Å²) < 4.78 is 23.2. The zero-order valence-corrected chi connectivity index (χ0v) is 8.84. The van der Waals surface area contributed by atoms with Gasteiger partial charge in [-0.15, -0.1) is 0 Å². The fourth-order valence-electron chi connectivity index (χ4n) is 0.990. The van der Waals surface area contributed by atoms with Crippen molar-refractivity contribution < 1.29 is 19.0 Å². The summed E-state index contributed by atoms with van der Waals surface area (Å²) in [6, 6.07) is 4.33. The zero-order valence-electron chi connectivity index (χ0n) is 8.08. The molecule has 15 heavy (non-hydrogen) atoms. The number of rotatable bonds is 6. The van der Waals surface area contributed by atoms with Crippen molar-refractivity contribution in [3.05, 3.63) is 29.0 Å². The molecular weight excluding hydrogens is 223 g/mol. The second-order valence-electron chi connectivity index (χ2n) is 2.74. The first-order chi connectivity index (χ1) is 7.25. The first-order valence-corrected chi connectivity index (χ1v) is 4.89. The zero-order chi connectivity index (χ0) is 11.1. The van der Waals surface area contributed by atoms with Crippen molar-refractivity contribution in [3.63, 3.8) is 0 Å². The molecule has 0 saturated carbocycles. The van der Waals surface area contributed by atoms with Crippen LogP contribution in [0.1, 0.15) is 0 Å². The van der Waals surface area contributed by atoms with Gasteiger partial charge in [0, 0.05) is 0 Å². The van der Waals surface area contributed by atoms with E-state index in [1.807, 2.05) is 0 Å². The Balaban J connectivity index is 2.37. The number of aliphatic hydroxyl groups is 1. The fraction of sp³-hybridized carbons (Fsp3) is 0.400. The topological polar surface area (TPSA) is 38.7 Å². The summed E-state index contributed by atoms with van der Waals surface area (Å²) in [7, 11) is 0. The second kappa shape index (κ2) is 6.61. The van der Waals surface area contributed by atoms with Gasteiger partial charge in [-0.25, -0.2) is 4.39 Å². The Morgan fingerprint density at radius 2 is 2.07 bits per heavy atom. The molecule has 0 spiro atoms. The van der Waals surface area contributed by atoms with Gasteiger partial charge in [0.1, 0.15) is 6.61 Å². The van der Waals surface area contributed by atoms with Crippen LogP contribution in [0.25, 0.3) is 0 Å². The Hall–Kier alpha value is -0.840. The van der Waals surface area contributed by atoms with E-state index in [0.717, 1.165) is 0 Å². The SMILES string of the molecule is OCCOCCOc1c(F)cccc1Cl. The minimum absolute atomic E-state index is 0.0340. The van der Waals surface area contributed by atoms with Crippen molar-refractivity contribution in [1.82, 2.24) is 0 Å². The van der Waals surface area contributed by atoms with Crippen molar-refractivity contribution in [3.8, 4) is 5.75 Å². The summed E-state index contributed by atoms with van der Waals surface area (Å²) in [6.45, 7) is 0.681. The molecule has 0 heterocycles. The lowest BCUT2D eigenvalue weighted by atomic mass is 10.3. The van der Waals surface area contributed by atoms with Crippen LogP contribution >= 0.6 is 11.6 Å². The van der Waals surface area contributed by atoms with E-state index in [4.69, 9.17) is 26.2 Å². The third-order valence-electron chi connectivity index (χ3n) is 1.63. The first-order valence-electron chi connectivity index (χ1n) is 4.51. The number of hydrogen-bond donors (Lipinski definition) is 1. The smallest absolute Gasteiger partial charge is 0.173 e. The third kappa shape index (κ3) is 4.03. The number of aliphatic hydroxyl groups excluding tert-OH is 1. The fourth-order valence-corrected chi connectivity index (χ4v) is 1.21. The lowest BCUT2D eigenvalue weighted by Gasteiger charge is -2.08. The van der Waals surface area contributed by atoms with Crippen LogP contribution in [0, 0.1) is 5.82 Å². The molecule has 0 radical (unpaired) electrons. The average Bonchev–Trinajstić information content (AvgIpc) is 2.21. The lowest BCUT2D eigenvalue weighted by molar-refractivity contribution is 0.0696. The van der Waals surface area contributed by atoms with E-state index in [9.17, 15) is 4.39 Å². The van der Waals surface area contributed by atoms with Crippen LogP contribution in [0.5, 0.6) is 5.75 Å². The molecule has 1 N–H and O–H groups in total. The number of hydrogen-bond acceptors (Lipinski definition) is 3. The van der Waals surface area contributed by atoms with Gasteiger partial charge in [-0.3, -0.25) is 0 Å². The van der Waals surface area contributed by atoms with Crippen molar-refractivity contribution in [2.45, 2.75) is 0 Å². The lowest BCUT2D eigenvalue weighted by Crippen LogP contribution is -2.09. The Morgan fingerprint density at radius 1 is 1.27 bits per heavy atom. The van der Waals surface area contributed by atoms with E-state index in [-0.39, 0.29) is 37.2 Å². The van der Waals surface area contributed by atoms with Crippen LogP contribution in [0.4, 0.5) is 4.39 Å². The molecule has 1 rings (SSSR count). The molecule has 0 aliphatic heterocycles. The Kier molecular flexibility index (Phi) is 5.39. The van der Waals surface area contributed by atoms with Gasteiger partial charge in [-0.2, -0.15) is 0 Å². The van der Waals surface area contributed by atoms with Gasteiger partial charge in [0.2, 0.25) is 0 Å². The summed E-state index contributed by atoms with van der Waals surface area (Å²) in [6.07, 6.45) is 0. The number of benzene rings is 1. The van der Waals surface area contributed by atoms with E-state index in [0.29, 0.717) is 0 Å². The molecule has 0 atom stereocenters. The Labute approximate surface area is 92.4 Å². The molecule has 0 aromatic heterocycles. The van der Waals surface area contributed by atoms with Gasteiger partial charge in [-0.1, -0.05) is 17.7 Å². The highest BCUT2D eigenvalue weighted by Crippen LogP contribution is 2.26. The van der Waals surface area contributed by atoms with Gasteiger partial charge >= 0.3 is 0 Å². The predicted molar refractivity (Wildman–Crippen MR) is 54.8 cm³/mol. The van der Waals surface area contributed by atoms with Crippen LogP contribution in [0.15, 0.2) is 18.2 Å². The third-order valence-corrected chi connectivity index (χ3v) is 1.93. The molecule has 1 aromatic rings. The summed E-state index contributed by atoms with van der Waals surface area (Å²) >= 11 is 5.72. The normalized spacial score (nSPS) is 10.3. The number of para-hydroxylation sites is 1. The molecular formula is C10H12ClFO3. The van der Waals surface area contributed by atoms with Crippen molar-refractivity contribution in [2.75, 3.05) is 26.4 Å². The molecule has 0 aliphatic rings. The van der Waals surface area contributed by atoms with Gasteiger partial charge in [0.15, 0.2) is 11.6 Å². The van der Waals surface area contributed by atoms with E-state index in [1.165, 1.54) is 12.1 Å². The molecule has 1 aromatic carbocycles. The summed E-state index contributed by atoms with van der Waals surface area (Å²) in [4.78, 5) is 0. The molecule has 0 aliphatic carbocycles.